The lowest BCUT2D eigenvalue weighted by Crippen LogP contribution is -2.37. The molecule has 4 rings (SSSR count). The Bertz CT molecular complexity index is 1090. The first-order valence-electron chi connectivity index (χ1n) is 9.97. The number of aromatic amines is 1. The molecule has 2 heterocycles. The average molecular weight is 433 g/mol. The predicted molar refractivity (Wildman–Crippen MR) is 115 cm³/mol. The van der Waals surface area contributed by atoms with Gasteiger partial charge in [0.25, 0.3) is 11.5 Å². The van der Waals surface area contributed by atoms with Crippen molar-refractivity contribution in [2.45, 2.75) is 38.3 Å². The number of alkyl halides is 2. The molecule has 1 fully saturated rings. The van der Waals surface area contributed by atoms with Gasteiger partial charge in [-0.3, -0.25) is 9.69 Å². The molecule has 1 aliphatic heterocycles. The van der Waals surface area contributed by atoms with Crippen LogP contribution in [0.4, 0.5) is 8.78 Å². The van der Waals surface area contributed by atoms with Crippen LogP contribution in [0.3, 0.4) is 0 Å². The molecule has 1 saturated heterocycles. The molecule has 30 heavy (non-hydrogen) atoms. The van der Waals surface area contributed by atoms with Gasteiger partial charge in [-0.1, -0.05) is 35.9 Å². The van der Waals surface area contributed by atoms with Crippen molar-refractivity contribution in [2.24, 2.45) is 0 Å². The summed E-state index contributed by atoms with van der Waals surface area (Å²) in [6, 6.07) is 11.8. The highest BCUT2D eigenvalue weighted by molar-refractivity contribution is 6.32. The third kappa shape index (κ3) is 4.65. The molecule has 0 bridgehead atoms. The molecule has 1 aromatic heterocycles. The van der Waals surface area contributed by atoms with Crippen molar-refractivity contribution in [2.75, 3.05) is 13.1 Å². The van der Waals surface area contributed by atoms with Crippen molar-refractivity contribution < 1.29 is 13.5 Å². The van der Waals surface area contributed by atoms with Crippen molar-refractivity contribution in [3.63, 3.8) is 0 Å². The van der Waals surface area contributed by atoms with Crippen LogP contribution in [0.5, 0.6) is 5.75 Å². The lowest BCUT2D eigenvalue weighted by Gasteiger charge is -2.32. The van der Waals surface area contributed by atoms with E-state index in [0.29, 0.717) is 16.2 Å². The van der Waals surface area contributed by atoms with E-state index in [1.165, 1.54) is 12.1 Å². The Balaban J connectivity index is 1.35. The van der Waals surface area contributed by atoms with Crippen LogP contribution >= 0.6 is 11.6 Å². The van der Waals surface area contributed by atoms with E-state index in [9.17, 15) is 13.6 Å². The van der Waals surface area contributed by atoms with Crippen molar-refractivity contribution in [3.05, 3.63) is 75.2 Å². The number of halogens is 3. The molecule has 0 amide bonds. The lowest BCUT2D eigenvalue weighted by molar-refractivity contribution is 0.0174. The summed E-state index contributed by atoms with van der Waals surface area (Å²) in [6.45, 7) is 3.33. The van der Waals surface area contributed by atoms with Gasteiger partial charge < -0.3 is 9.72 Å². The minimum Gasteiger partial charge on any atom is -0.489 e. The van der Waals surface area contributed by atoms with Gasteiger partial charge in [0.2, 0.25) is 0 Å². The largest absolute Gasteiger partial charge is 0.489 e. The number of pyridine rings is 1. The second-order valence-electron chi connectivity index (χ2n) is 7.86. The predicted octanol–water partition coefficient (Wildman–Crippen LogP) is 5.34. The third-order valence-electron chi connectivity index (χ3n) is 5.52. The number of ether oxygens (including phenoxy) is 1. The third-order valence-corrected chi connectivity index (χ3v) is 5.82. The number of benzene rings is 2. The Morgan fingerprint density at radius 2 is 1.87 bits per heavy atom. The second-order valence-corrected chi connectivity index (χ2v) is 8.26. The second kappa shape index (κ2) is 8.36. The molecule has 2 aromatic carbocycles. The highest BCUT2D eigenvalue weighted by atomic mass is 35.5. The van der Waals surface area contributed by atoms with Crippen molar-refractivity contribution in [1.29, 1.82) is 0 Å². The smallest absolute Gasteiger partial charge is 0.270 e. The van der Waals surface area contributed by atoms with Crippen molar-refractivity contribution in [3.8, 4) is 5.75 Å². The number of nitrogens with zero attached hydrogens (tertiary/aromatic N) is 1. The molecule has 0 spiro atoms. The van der Waals surface area contributed by atoms with Crippen LogP contribution in [0.15, 0.2) is 53.5 Å². The molecule has 0 radical (unpaired) electrons. The summed E-state index contributed by atoms with van der Waals surface area (Å²) in [5, 5.41) is 1.75. The van der Waals surface area contributed by atoms with Crippen LogP contribution in [0, 0.1) is 0 Å². The normalized spacial score (nSPS) is 16.1. The van der Waals surface area contributed by atoms with E-state index >= 15 is 0 Å². The molecule has 1 aliphatic rings. The number of hydrogen-bond donors (Lipinski definition) is 1. The van der Waals surface area contributed by atoms with Gasteiger partial charge >= 0.3 is 0 Å². The summed E-state index contributed by atoms with van der Waals surface area (Å²) >= 11 is 6.33. The van der Waals surface area contributed by atoms with E-state index < -0.39 is 5.92 Å². The van der Waals surface area contributed by atoms with E-state index in [1.807, 2.05) is 12.1 Å². The monoisotopic (exact) mass is 432 g/mol. The molecule has 0 aliphatic carbocycles. The first kappa shape index (κ1) is 20.8. The summed E-state index contributed by atoms with van der Waals surface area (Å²) in [5.74, 6) is -2.23. The maximum absolute atomic E-state index is 13.4. The van der Waals surface area contributed by atoms with Gasteiger partial charge in [-0.25, -0.2) is 8.78 Å². The zero-order valence-corrected chi connectivity index (χ0v) is 17.4. The fourth-order valence-electron chi connectivity index (χ4n) is 3.80. The maximum Gasteiger partial charge on any atom is 0.270 e. The summed E-state index contributed by atoms with van der Waals surface area (Å²) < 4.78 is 32.8. The van der Waals surface area contributed by atoms with Crippen LogP contribution < -0.4 is 10.3 Å². The Morgan fingerprint density at radius 1 is 1.17 bits per heavy atom. The standard InChI is InChI=1S/C23H23ClF2N2O2/c1-23(25,26)17-4-2-15(3-5-17)14-28-10-7-18(8-11-28)30-21-12-16-6-9-27-22(29)19(16)13-20(21)24/h2-6,9,12-13,18H,7-8,10-11,14H2,1H3,(H,27,29). The van der Waals surface area contributed by atoms with Crippen LogP contribution in [-0.2, 0) is 12.5 Å². The fraction of sp³-hybridized carbons (Fsp3) is 0.348. The molecule has 1 N–H and O–H groups in total. The van der Waals surface area contributed by atoms with E-state index in [1.54, 1.807) is 24.4 Å². The zero-order valence-electron chi connectivity index (χ0n) is 16.6. The molecule has 158 valence electrons. The highest BCUT2D eigenvalue weighted by Crippen LogP contribution is 2.31. The first-order chi connectivity index (χ1) is 14.3. The summed E-state index contributed by atoms with van der Waals surface area (Å²) in [4.78, 5) is 16.8. The number of hydrogen-bond acceptors (Lipinski definition) is 3. The van der Waals surface area contributed by atoms with E-state index in [4.69, 9.17) is 16.3 Å². The minimum atomic E-state index is -2.81. The number of H-pyrrole nitrogens is 1. The number of aromatic nitrogens is 1. The SMILES string of the molecule is CC(F)(F)c1ccc(CN2CCC(Oc3cc4cc[nH]c(=O)c4cc3Cl)CC2)cc1. The van der Waals surface area contributed by atoms with Gasteiger partial charge in [0.05, 0.1) is 5.02 Å². The Morgan fingerprint density at radius 3 is 2.53 bits per heavy atom. The summed E-state index contributed by atoms with van der Waals surface area (Å²) in [5.41, 5.74) is 0.878. The van der Waals surface area contributed by atoms with Crippen molar-refractivity contribution >= 4 is 22.4 Å². The fourth-order valence-corrected chi connectivity index (χ4v) is 4.01. The van der Waals surface area contributed by atoms with Crippen LogP contribution in [-0.4, -0.2) is 29.1 Å². The minimum absolute atomic E-state index is 0.0348. The number of likely N-dealkylation sites (tertiary alicyclic amines) is 1. The van der Waals surface area contributed by atoms with E-state index in [-0.39, 0.29) is 17.2 Å². The van der Waals surface area contributed by atoms with Gasteiger partial charge in [-0.15, -0.1) is 0 Å². The molecule has 7 heteroatoms. The van der Waals surface area contributed by atoms with Gasteiger partial charge in [0.15, 0.2) is 0 Å². The molecule has 3 aromatic rings. The van der Waals surface area contributed by atoms with E-state index in [0.717, 1.165) is 50.3 Å². The number of rotatable bonds is 5. The maximum atomic E-state index is 13.4. The highest BCUT2D eigenvalue weighted by Gasteiger charge is 2.25. The molecule has 0 unspecified atom stereocenters. The molecule has 0 saturated carbocycles. The Kier molecular flexibility index (Phi) is 5.80. The molecule has 0 atom stereocenters. The van der Waals surface area contributed by atoms with Crippen LogP contribution in [0.25, 0.3) is 10.8 Å². The average Bonchev–Trinajstić information content (AvgIpc) is 2.71. The first-order valence-corrected chi connectivity index (χ1v) is 10.3. The summed E-state index contributed by atoms with van der Waals surface area (Å²) in [7, 11) is 0. The topological polar surface area (TPSA) is 45.3 Å². The van der Waals surface area contributed by atoms with Crippen LogP contribution in [0.1, 0.15) is 30.9 Å². The molecular weight excluding hydrogens is 410 g/mol. The Hall–Kier alpha value is -2.44. The Labute approximate surface area is 178 Å². The summed E-state index contributed by atoms with van der Waals surface area (Å²) in [6.07, 6.45) is 3.33. The molecular formula is C23H23ClF2N2O2. The molecule has 4 nitrogen and oxygen atoms in total. The lowest BCUT2D eigenvalue weighted by atomic mass is 10.0. The number of piperidine rings is 1. The number of nitrogens with one attached hydrogen (secondary N) is 1. The van der Waals surface area contributed by atoms with Gasteiger partial charge in [0.1, 0.15) is 11.9 Å². The van der Waals surface area contributed by atoms with Crippen LogP contribution in [0.2, 0.25) is 5.02 Å². The van der Waals surface area contributed by atoms with Gasteiger partial charge in [-0.05, 0) is 42.0 Å². The quantitative estimate of drug-likeness (QED) is 0.592. The van der Waals surface area contributed by atoms with Gasteiger partial charge in [-0.2, -0.15) is 0 Å². The number of fused-ring (bicyclic) bond motifs is 1. The zero-order chi connectivity index (χ0) is 21.3. The van der Waals surface area contributed by atoms with E-state index in [2.05, 4.69) is 9.88 Å². The van der Waals surface area contributed by atoms with Crippen molar-refractivity contribution in [1.82, 2.24) is 9.88 Å². The van der Waals surface area contributed by atoms with Gasteiger partial charge in [0, 0.05) is 43.7 Å².